The molecule has 1 aliphatic carbocycles. The maximum atomic E-state index is 12.1. The molecule has 1 fully saturated rings. The fraction of sp³-hybridized carbons (Fsp3) is 0.579. The topological polar surface area (TPSA) is 75.6 Å². The van der Waals surface area contributed by atoms with E-state index in [4.69, 9.17) is 9.84 Å². The number of nitrogens with one attached hydrogen (secondary N) is 1. The van der Waals surface area contributed by atoms with Gasteiger partial charge in [-0.25, -0.2) is 0 Å². The average Bonchev–Trinajstić information content (AvgIpc) is 2.59. The highest BCUT2D eigenvalue weighted by Crippen LogP contribution is 2.29. The number of carbonyl (C=O) groups excluding carboxylic acids is 1. The Kier molecular flexibility index (Phi) is 6.64. The minimum Gasteiger partial charge on any atom is -0.492 e. The first-order valence-corrected chi connectivity index (χ1v) is 8.70. The van der Waals surface area contributed by atoms with Crippen LogP contribution >= 0.6 is 0 Å². The second kappa shape index (κ2) is 8.71. The van der Waals surface area contributed by atoms with Gasteiger partial charge in [-0.1, -0.05) is 26.0 Å². The normalized spacial score (nSPS) is 20.6. The number of carboxylic acids is 1. The Labute approximate surface area is 143 Å². The molecule has 5 nitrogen and oxygen atoms in total. The number of hydrogen-bond donors (Lipinski definition) is 2. The van der Waals surface area contributed by atoms with E-state index >= 15 is 0 Å². The van der Waals surface area contributed by atoms with Gasteiger partial charge in [-0.2, -0.15) is 0 Å². The van der Waals surface area contributed by atoms with Crippen molar-refractivity contribution in [2.45, 2.75) is 45.4 Å². The maximum absolute atomic E-state index is 12.1. The largest absolute Gasteiger partial charge is 0.492 e. The quantitative estimate of drug-likeness (QED) is 0.751. The van der Waals surface area contributed by atoms with Gasteiger partial charge in [-0.3, -0.25) is 9.59 Å². The number of carbonyl (C=O) groups is 2. The van der Waals surface area contributed by atoms with Gasteiger partial charge in [0.05, 0.1) is 12.5 Å². The molecule has 2 N–H and O–H groups in total. The molecule has 0 atom stereocenters. The minimum absolute atomic E-state index is 0.0117. The molecule has 0 bridgehead atoms. The Hall–Kier alpha value is -2.04. The van der Waals surface area contributed by atoms with Crippen LogP contribution in [0.4, 0.5) is 0 Å². The molecule has 0 aromatic heterocycles. The average molecular weight is 333 g/mol. The van der Waals surface area contributed by atoms with Gasteiger partial charge < -0.3 is 15.2 Å². The molecule has 1 saturated carbocycles. The molecule has 1 aromatic carbocycles. The lowest BCUT2D eigenvalue weighted by Gasteiger charge is -2.25. The number of carboxylic acid groups (broad SMARTS) is 1. The first-order chi connectivity index (χ1) is 11.5. The second-order valence-electron chi connectivity index (χ2n) is 6.75. The molecule has 24 heavy (non-hydrogen) atoms. The van der Waals surface area contributed by atoms with Gasteiger partial charge in [0.1, 0.15) is 12.4 Å². The van der Waals surface area contributed by atoms with Crippen molar-refractivity contribution in [2.75, 3.05) is 13.2 Å². The second-order valence-corrected chi connectivity index (χ2v) is 6.75. The zero-order valence-corrected chi connectivity index (χ0v) is 14.5. The van der Waals surface area contributed by atoms with Crippen molar-refractivity contribution in [3.63, 3.8) is 0 Å². The van der Waals surface area contributed by atoms with Crippen molar-refractivity contribution in [1.82, 2.24) is 5.32 Å². The van der Waals surface area contributed by atoms with E-state index < -0.39 is 5.97 Å². The van der Waals surface area contributed by atoms with Gasteiger partial charge in [0.2, 0.25) is 5.91 Å². The molecule has 5 heteroatoms. The summed E-state index contributed by atoms with van der Waals surface area (Å²) < 4.78 is 5.63. The molecular formula is C19H27NO4. The van der Waals surface area contributed by atoms with Crippen LogP contribution in [0.2, 0.25) is 0 Å². The molecule has 2 rings (SSSR count). The van der Waals surface area contributed by atoms with Gasteiger partial charge in [-0.15, -0.1) is 0 Å². The standard InChI is InChI=1S/C19H27NO4/c1-13(2)14-7-9-17(10-8-14)24-12-11-20-18(21)15-3-5-16(6-4-15)19(22)23/h7-10,13,15-16H,3-6,11-12H2,1-2H3,(H,20,21)(H,22,23). The van der Waals surface area contributed by atoms with Crippen LogP contribution in [0.25, 0.3) is 0 Å². The summed E-state index contributed by atoms with van der Waals surface area (Å²) in [5.41, 5.74) is 1.27. The summed E-state index contributed by atoms with van der Waals surface area (Å²) in [6.07, 6.45) is 2.49. The summed E-state index contributed by atoms with van der Waals surface area (Å²) in [5, 5.41) is 11.9. The van der Waals surface area contributed by atoms with Crippen molar-refractivity contribution in [3.8, 4) is 5.75 Å². The van der Waals surface area contributed by atoms with E-state index in [1.54, 1.807) is 0 Å². The fourth-order valence-corrected chi connectivity index (χ4v) is 3.04. The Morgan fingerprint density at radius 1 is 1.12 bits per heavy atom. The van der Waals surface area contributed by atoms with Gasteiger partial charge in [-0.05, 0) is 49.3 Å². The summed E-state index contributed by atoms with van der Waals surface area (Å²) in [6.45, 7) is 5.19. The summed E-state index contributed by atoms with van der Waals surface area (Å²) in [5.74, 6) is 0.214. The van der Waals surface area contributed by atoms with Gasteiger partial charge in [0.15, 0.2) is 0 Å². The number of hydrogen-bond acceptors (Lipinski definition) is 3. The first-order valence-electron chi connectivity index (χ1n) is 8.70. The van der Waals surface area contributed by atoms with E-state index in [2.05, 4.69) is 31.3 Å². The Morgan fingerprint density at radius 3 is 2.25 bits per heavy atom. The van der Waals surface area contributed by atoms with E-state index in [1.807, 2.05) is 12.1 Å². The van der Waals surface area contributed by atoms with Crippen LogP contribution in [-0.4, -0.2) is 30.1 Å². The number of rotatable bonds is 7. The van der Waals surface area contributed by atoms with E-state index in [1.165, 1.54) is 5.56 Å². The molecule has 1 amide bonds. The van der Waals surface area contributed by atoms with Crippen LogP contribution in [0, 0.1) is 11.8 Å². The summed E-state index contributed by atoms with van der Waals surface area (Å²) in [7, 11) is 0. The van der Waals surface area contributed by atoms with Gasteiger partial charge in [0, 0.05) is 5.92 Å². The Balaban J connectivity index is 1.65. The summed E-state index contributed by atoms with van der Waals surface area (Å²) >= 11 is 0. The molecule has 132 valence electrons. The van der Waals surface area contributed by atoms with Gasteiger partial charge in [0.25, 0.3) is 0 Å². The fourth-order valence-electron chi connectivity index (χ4n) is 3.04. The molecule has 0 unspecified atom stereocenters. The smallest absolute Gasteiger partial charge is 0.306 e. The van der Waals surface area contributed by atoms with Crippen molar-refractivity contribution in [1.29, 1.82) is 0 Å². The SMILES string of the molecule is CC(C)c1ccc(OCCNC(=O)C2CCC(C(=O)O)CC2)cc1. The highest BCUT2D eigenvalue weighted by Gasteiger charge is 2.29. The van der Waals surface area contributed by atoms with E-state index in [0.717, 1.165) is 5.75 Å². The van der Waals surface area contributed by atoms with Crippen molar-refractivity contribution in [2.24, 2.45) is 11.8 Å². The predicted molar refractivity (Wildman–Crippen MR) is 92.1 cm³/mol. The van der Waals surface area contributed by atoms with E-state index in [-0.39, 0.29) is 17.7 Å². The third kappa shape index (κ3) is 5.25. The molecule has 0 heterocycles. The van der Waals surface area contributed by atoms with Crippen LogP contribution in [0.1, 0.15) is 51.0 Å². The Bertz CT molecular complexity index is 545. The predicted octanol–water partition coefficient (Wildman–Crippen LogP) is 3.20. The molecule has 0 saturated heterocycles. The van der Waals surface area contributed by atoms with Crippen molar-refractivity contribution >= 4 is 11.9 Å². The van der Waals surface area contributed by atoms with Crippen LogP contribution in [0.15, 0.2) is 24.3 Å². The highest BCUT2D eigenvalue weighted by molar-refractivity contribution is 5.79. The zero-order chi connectivity index (χ0) is 17.5. The lowest BCUT2D eigenvalue weighted by Crippen LogP contribution is -2.36. The monoisotopic (exact) mass is 333 g/mol. The molecule has 0 radical (unpaired) electrons. The van der Waals surface area contributed by atoms with Crippen LogP contribution < -0.4 is 10.1 Å². The molecule has 0 spiro atoms. The van der Waals surface area contributed by atoms with Crippen molar-refractivity contribution in [3.05, 3.63) is 29.8 Å². The Morgan fingerprint density at radius 2 is 1.71 bits per heavy atom. The van der Waals surface area contributed by atoms with Gasteiger partial charge >= 0.3 is 5.97 Å². The molecule has 1 aromatic rings. The lowest BCUT2D eigenvalue weighted by atomic mass is 9.81. The third-order valence-corrected chi connectivity index (χ3v) is 4.66. The van der Waals surface area contributed by atoms with Crippen LogP contribution in [0.3, 0.4) is 0 Å². The molecule has 0 aliphatic heterocycles. The molecular weight excluding hydrogens is 306 g/mol. The lowest BCUT2D eigenvalue weighted by molar-refractivity contribution is -0.144. The van der Waals surface area contributed by atoms with E-state index in [0.29, 0.717) is 44.8 Å². The number of aliphatic carboxylic acids is 1. The minimum atomic E-state index is -0.745. The number of benzene rings is 1. The molecule has 1 aliphatic rings. The van der Waals surface area contributed by atoms with E-state index in [9.17, 15) is 9.59 Å². The van der Waals surface area contributed by atoms with Crippen LogP contribution in [0.5, 0.6) is 5.75 Å². The maximum Gasteiger partial charge on any atom is 0.306 e. The zero-order valence-electron chi connectivity index (χ0n) is 14.5. The summed E-state index contributed by atoms with van der Waals surface area (Å²) in [6, 6.07) is 8.01. The van der Waals surface area contributed by atoms with Crippen LogP contribution in [-0.2, 0) is 9.59 Å². The number of amides is 1. The van der Waals surface area contributed by atoms with Crippen molar-refractivity contribution < 1.29 is 19.4 Å². The third-order valence-electron chi connectivity index (χ3n) is 4.66. The number of ether oxygens (including phenoxy) is 1. The first kappa shape index (κ1) is 18.3. The highest BCUT2D eigenvalue weighted by atomic mass is 16.5. The summed E-state index contributed by atoms with van der Waals surface area (Å²) in [4.78, 5) is 23.0.